The fourth-order valence-corrected chi connectivity index (χ4v) is 6.13. The van der Waals surface area contributed by atoms with Crippen LogP contribution in [0.2, 0.25) is 10.0 Å². The summed E-state index contributed by atoms with van der Waals surface area (Å²) in [6.45, 7) is 5.25. The molecule has 1 amide bonds. The molecule has 0 spiro atoms. The summed E-state index contributed by atoms with van der Waals surface area (Å²) in [4.78, 5) is 12.6. The third-order valence-corrected chi connectivity index (χ3v) is 8.22. The number of hydrogen-bond donors (Lipinski definition) is 1. The van der Waals surface area contributed by atoms with Crippen LogP contribution >= 0.6 is 23.2 Å². The molecule has 1 heterocycles. The highest BCUT2D eigenvalue weighted by atomic mass is 35.5. The Bertz CT molecular complexity index is 1070. The van der Waals surface area contributed by atoms with Gasteiger partial charge in [-0.2, -0.15) is 0 Å². The highest BCUT2D eigenvalue weighted by Gasteiger charge is 2.31. The van der Waals surface area contributed by atoms with Gasteiger partial charge < -0.3 is 10.1 Å². The Morgan fingerprint density at radius 1 is 1.12 bits per heavy atom. The van der Waals surface area contributed by atoms with E-state index in [1.807, 2.05) is 38.1 Å². The monoisotopic (exact) mass is 526 g/mol. The lowest BCUT2D eigenvalue weighted by atomic mass is 9.97. The number of benzene rings is 2. The largest absolute Gasteiger partial charge is 0.491 e. The van der Waals surface area contributed by atoms with E-state index in [1.165, 1.54) is 9.87 Å². The Morgan fingerprint density at radius 3 is 2.41 bits per heavy atom. The molecule has 1 N–H and O–H groups in total. The summed E-state index contributed by atoms with van der Waals surface area (Å²) in [5, 5.41) is 3.81. The van der Waals surface area contributed by atoms with E-state index in [0.29, 0.717) is 48.1 Å². The van der Waals surface area contributed by atoms with Gasteiger partial charge in [-0.1, -0.05) is 41.4 Å². The van der Waals surface area contributed by atoms with Crippen molar-refractivity contribution < 1.29 is 17.9 Å². The lowest BCUT2D eigenvalue weighted by Crippen LogP contribution is -2.43. The predicted octanol–water partition coefficient (Wildman–Crippen LogP) is 5.07. The smallest absolute Gasteiger partial charge is 0.223 e. The van der Waals surface area contributed by atoms with Gasteiger partial charge in [-0.05, 0) is 74.9 Å². The molecule has 6 nitrogen and oxygen atoms in total. The number of carbonyl (C=O) groups is 1. The third kappa shape index (κ3) is 7.87. The van der Waals surface area contributed by atoms with Crippen molar-refractivity contribution >= 4 is 39.1 Å². The van der Waals surface area contributed by atoms with Gasteiger partial charge in [0, 0.05) is 35.6 Å². The van der Waals surface area contributed by atoms with Crippen LogP contribution in [0.3, 0.4) is 0 Å². The molecule has 2 aromatic carbocycles. The Labute approximate surface area is 212 Å². The van der Waals surface area contributed by atoms with Crippen LogP contribution in [0.15, 0.2) is 42.5 Å². The molecule has 0 bridgehead atoms. The van der Waals surface area contributed by atoms with E-state index in [2.05, 4.69) is 5.32 Å². The first kappa shape index (κ1) is 26.8. The summed E-state index contributed by atoms with van der Waals surface area (Å²) in [5.74, 6) is 0.512. The summed E-state index contributed by atoms with van der Waals surface area (Å²) in [6.07, 6.45) is 2.88. The highest BCUT2D eigenvalue weighted by molar-refractivity contribution is 7.88. The SMILES string of the molecule is CC(C)Oc1ccc(CCCNC(=O)C2CCN(S(=O)(=O)Cc3ccc(Cl)cc3Cl)CC2)cc1. The normalized spacial score (nSPS) is 15.4. The zero-order valence-electron chi connectivity index (χ0n) is 19.6. The van der Waals surface area contributed by atoms with Crippen molar-refractivity contribution in [3.63, 3.8) is 0 Å². The van der Waals surface area contributed by atoms with Gasteiger partial charge in [0.25, 0.3) is 0 Å². The van der Waals surface area contributed by atoms with E-state index in [1.54, 1.807) is 18.2 Å². The van der Waals surface area contributed by atoms with Crippen LogP contribution in [0, 0.1) is 5.92 Å². The number of ether oxygens (including phenoxy) is 1. The summed E-state index contributed by atoms with van der Waals surface area (Å²) >= 11 is 12.0. The van der Waals surface area contributed by atoms with Gasteiger partial charge in [0.15, 0.2) is 0 Å². The summed E-state index contributed by atoms with van der Waals surface area (Å²) in [5.41, 5.74) is 1.72. The molecule has 2 aromatic rings. The number of piperidine rings is 1. The van der Waals surface area contributed by atoms with Gasteiger partial charge in [0.05, 0.1) is 11.9 Å². The third-order valence-electron chi connectivity index (χ3n) is 5.81. The molecule has 34 heavy (non-hydrogen) atoms. The zero-order chi connectivity index (χ0) is 24.7. The molecular weight excluding hydrogens is 495 g/mol. The Hall–Kier alpha value is -1.80. The maximum Gasteiger partial charge on any atom is 0.223 e. The number of hydrogen-bond acceptors (Lipinski definition) is 4. The quantitative estimate of drug-likeness (QED) is 0.438. The predicted molar refractivity (Wildman–Crippen MR) is 137 cm³/mol. The molecule has 9 heteroatoms. The first-order chi connectivity index (χ1) is 16.1. The molecule has 186 valence electrons. The second-order valence-corrected chi connectivity index (χ2v) is 11.7. The number of halogens is 2. The van der Waals surface area contributed by atoms with Crippen LogP contribution in [0.25, 0.3) is 0 Å². The Morgan fingerprint density at radius 2 is 1.79 bits per heavy atom. The molecule has 0 aliphatic carbocycles. The molecule has 1 saturated heterocycles. The molecule has 0 radical (unpaired) electrons. The lowest BCUT2D eigenvalue weighted by molar-refractivity contribution is -0.126. The van der Waals surface area contributed by atoms with Gasteiger partial charge >= 0.3 is 0 Å². The summed E-state index contributed by atoms with van der Waals surface area (Å²) in [7, 11) is -3.52. The number of sulfonamides is 1. The minimum atomic E-state index is -3.52. The minimum Gasteiger partial charge on any atom is -0.491 e. The number of nitrogens with one attached hydrogen (secondary N) is 1. The Kier molecular flexibility index (Phi) is 9.65. The van der Waals surface area contributed by atoms with Crippen LogP contribution in [-0.4, -0.2) is 44.4 Å². The number of aryl methyl sites for hydroxylation is 1. The van der Waals surface area contributed by atoms with Gasteiger partial charge in [-0.25, -0.2) is 12.7 Å². The molecule has 0 aromatic heterocycles. The van der Waals surface area contributed by atoms with Gasteiger partial charge in [-0.15, -0.1) is 0 Å². The molecular formula is C25H32Cl2N2O4S. The maximum absolute atomic E-state index is 12.8. The van der Waals surface area contributed by atoms with Crippen molar-refractivity contribution in [3.05, 3.63) is 63.6 Å². The molecule has 0 unspecified atom stereocenters. The van der Waals surface area contributed by atoms with Crippen LogP contribution in [0.5, 0.6) is 5.75 Å². The van der Waals surface area contributed by atoms with E-state index in [4.69, 9.17) is 27.9 Å². The topological polar surface area (TPSA) is 75.7 Å². The van der Waals surface area contributed by atoms with Gasteiger partial charge in [0.2, 0.25) is 15.9 Å². The molecule has 0 atom stereocenters. The van der Waals surface area contributed by atoms with Crippen molar-refractivity contribution in [2.45, 2.75) is 51.4 Å². The van der Waals surface area contributed by atoms with Crippen molar-refractivity contribution in [3.8, 4) is 5.75 Å². The number of amides is 1. The molecule has 3 rings (SSSR count). The number of rotatable bonds is 10. The first-order valence-corrected chi connectivity index (χ1v) is 14.0. The van der Waals surface area contributed by atoms with E-state index in [-0.39, 0.29) is 23.7 Å². The van der Waals surface area contributed by atoms with Crippen LogP contribution in [0.1, 0.15) is 44.2 Å². The van der Waals surface area contributed by atoms with E-state index < -0.39 is 10.0 Å². The average Bonchev–Trinajstić information content (AvgIpc) is 2.79. The first-order valence-electron chi connectivity index (χ1n) is 11.6. The Balaban J connectivity index is 1.39. The second kappa shape index (κ2) is 12.2. The fourth-order valence-electron chi connectivity index (χ4n) is 3.98. The minimum absolute atomic E-state index is 0.00141. The fraction of sp³-hybridized carbons (Fsp3) is 0.480. The number of nitrogens with zero attached hydrogens (tertiary/aromatic N) is 1. The summed E-state index contributed by atoms with van der Waals surface area (Å²) < 4.78 is 32.7. The van der Waals surface area contributed by atoms with Gasteiger partial charge in [-0.3, -0.25) is 4.79 Å². The average molecular weight is 528 g/mol. The number of carbonyl (C=O) groups excluding carboxylic acids is 1. The molecule has 1 aliphatic heterocycles. The van der Waals surface area contributed by atoms with Crippen molar-refractivity contribution in [1.29, 1.82) is 0 Å². The summed E-state index contributed by atoms with van der Waals surface area (Å²) in [6, 6.07) is 12.8. The van der Waals surface area contributed by atoms with Crippen molar-refractivity contribution in [2.24, 2.45) is 5.92 Å². The van der Waals surface area contributed by atoms with Crippen LogP contribution in [-0.2, 0) is 27.0 Å². The van der Waals surface area contributed by atoms with Crippen LogP contribution in [0.4, 0.5) is 0 Å². The van der Waals surface area contributed by atoms with E-state index in [9.17, 15) is 13.2 Å². The molecule has 1 aliphatic rings. The molecule has 1 fully saturated rings. The highest BCUT2D eigenvalue weighted by Crippen LogP contribution is 2.26. The molecule has 0 saturated carbocycles. The zero-order valence-corrected chi connectivity index (χ0v) is 21.9. The second-order valence-electron chi connectivity index (χ2n) is 8.87. The van der Waals surface area contributed by atoms with E-state index >= 15 is 0 Å². The van der Waals surface area contributed by atoms with E-state index in [0.717, 1.165) is 18.6 Å². The standard InChI is InChI=1S/C25H32Cl2N2O4S/c1-18(2)33-23-9-5-19(6-10-23)4-3-13-28-25(30)20-11-14-29(15-12-20)34(31,32)17-21-7-8-22(26)16-24(21)27/h5-10,16,18,20H,3-4,11-15,17H2,1-2H3,(H,28,30). The van der Waals surface area contributed by atoms with Crippen molar-refractivity contribution in [1.82, 2.24) is 9.62 Å². The van der Waals surface area contributed by atoms with Gasteiger partial charge in [0.1, 0.15) is 5.75 Å². The lowest BCUT2D eigenvalue weighted by Gasteiger charge is -2.30. The van der Waals surface area contributed by atoms with Crippen molar-refractivity contribution in [2.75, 3.05) is 19.6 Å². The maximum atomic E-state index is 12.8. The van der Waals surface area contributed by atoms with Crippen LogP contribution < -0.4 is 10.1 Å².